The van der Waals surface area contributed by atoms with E-state index >= 15 is 0 Å². The molecule has 0 radical (unpaired) electrons. The summed E-state index contributed by atoms with van der Waals surface area (Å²) in [6, 6.07) is 4.95. The monoisotopic (exact) mass is 256 g/mol. The summed E-state index contributed by atoms with van der Waals surface area (Å²) in [6.45, 7) is 2.94. The molecule has 1 aromatic rings. The second kappa shape index (κ2) is 4.66. The number of sulfone groups is 1. The maximum Gasteiger partial charge on any atom is 0.178 e. The average molecular weight is 256 g/mol. The van der Waals surface area contributed by atoms with Gasteiger partial charge >= 0.3 is 0 Å². The molecule has 5 heteroatoms. The number of benzene rings is 1. The van der Waals surface area contributed by atoms with Crippen molar-refractivity contribution in [2.24, 2.45) is 5.92 Å². The quantitative estimate of drug-likeness (QED) is 0.817. The molecule has 0 aromatic heterocycles. The molecule has 0 N–H and O–H groups in total. The molecule has 1 aliphatic heterocycles. The highest BCUT2D eigenvalue weighted by atomic mass is 32.2. The third-order valence-corrected chi connectivity index (χ3v) is 4.77. The minimum atomic E-state index is -3.20. The van der Waals surface area contributed by atoms with Crippen LogP contribution in [0.25, 0.3) is 0 Å². The smallest absolute Gasteiger partial charge is 0.178 e. The number of methoxy groups -OCH3 is 1. The van der Waals surface area contributed by atoms with Gasteiger partial charge in [0.2, 0.25) is 0 Å². The van der Waals surface area contributed by atoms with E-state index in [2.05, 4.69) is 0 Å². The Morgan fingerprint density at radius 1 is 1.41 bits per heavy atom. The van der Waals surface area contributed by atoms with Crippen molar-refractivity contribution in [1.29, 1.82) is 0 Å². The predicted octanol–water partition coefficient (Wildman–Crippen LogP) is 1.42. The molecule has 1 aromatic carbocycles. The van der Waals surface area contributed by atoms with E-state index in [1.54, 1.807) is 25.3 Å². The molecule has 1 aliphatic rings. The molecule has 0 bridgehead atoms. The fourth-order valence-corrected chi connectivity index (χ4v) is 3.47. The summed E-state index contributed by atoms with van der Waals surface area (Å²) in [5.74, 6) is 1.01. The van der Waals surface area contributed by atoms with Crippen molar-refractivity contribution in [2.45, 2.75) is 11.8 Å². The van der Waals surface area contributed by atoms with Crippen LogP contribution < -0.4 is 4.74 Å². The van der Waals surface area contributed by atoms with E-state index in [4.69, 9.17) is 9.47 Å². The lowest BCUT2D eigenvalue weighted by Gasteiger charge is -2.25. The lowest BCUT2D eigenvalue weighted by Crippen LogP contribution is -2.33. The van der Waals surface area contributed by atoms with Gasteiger partial charge in [-0.05, 0) is 30.7 Å². The number of hydrogen-bond acceptors (Lipinski definition) is 4. The molecule has 17 heavy (non-hydrogen) atoms. The SMILES string of the molecule is COc1ccc(S(=O)(=O)CC2COC2)cc1C. The molecule has 1 fully saturated rings. The first-order chi connectivity index (χ1) is 8.03. The molecule has 0 aliphatic carbocycles. The van der Waals surface area contributed by atoms with Gasteiger partial charge in [0.15, 0.2) is 9.84 Å². The standard InChI is InChI=1S/C12H16O4S/c1-9-5-11(3-4-12(9)15-2)17(13,14)8-10-6-16-7-10/h3-5,10H,6-8H2,1-2H3. The highest BCUT2D eigenvalue weighted by molar-refractivity contribution is 7.91. The fourth-order valence-electron chi connectivity index (χ4n) is 1.83. The topological polar surface area (TPSA) is 52.6 Å². The minimum Gasteiger partial charge on any atom is -0.496 e. The fraction of sp³-hybridized carbons (Fsp3) is 0.500. The molecule has 0 spiro atoms. The maximum absolute atomic E-state index is 12.1. The number of aryl methyl sites for hydroxylation is 1. The van der Waals surface area contributed by atoms with Crippen molar-refractivity contribution >= 4 is 9.84 Å². The number of rotatable bonds is 4. The Morgan fingerprint density at radius 2 is 2.12 bits per heavy atom. The first kappa shape index (κ1) is 12.4. The summed E-state index contributed by atoms with van der Waals surface area (Å²) in [5, 5.41) is 0. The minimum absolute atomic E-state index is 0.141. The van der Waals surface area contributed by atoms with Crippen molar-refractivity contribution in [3.8, 4) is 5.75 Å². The molecular weight excluding hydrogens is 240 g/mol. The van der Waals surface area contributed by atoms with E-state index in [0.29, 0.717) is 23.9 Å². The molecule has 1 heterocycles. The van der Waals surface area contributed by atoms with E-state index in [9.17, 15) is 8.42 Å². The van der Waals surface area contributed by atoms with Gasteiger partial charge in [-0.2, -0.15) is 0 Å². The third-order valence-electron chi connectivity index (χ3n) is 2.89. The Labute approximate surface area is 101 Å². The van der Waals surface area contributed by atoms with E-state index in [-0.39, 0.29) is 11.7 Å². The molecule has 0 saturated carbocycles. The molecular formula is C12H16O4S. The Balaban J connectivity index is 2.23. The predicted molar refractivity (Wildman–Crippen MR) is 64.1 cm³/mol. The summed E-state index contributed by atoms with van der Waals surface area (Å²) >= 11 is 0. The second-order valence-corrected chi connectivity index (χ2v) is 6.35. The molecule has 4 nitrogen and oxygen atoms in total. The van der Waals surface area contributed by atoms with Crippen LogP contribution in [0.5, 0.6) is 5.75 Å². The normalized spacial score (nSPS) is 16.6. The van der Waals surface area contributed by atoms with Gasteiger partial charge in [0.05, 0.1) is 31.0 Å². The lowest BCUT2D eigenvalue weighted by molar-refractivity contribution is -0.0204. The average Bonchev–Trinajstić information content (AvgIpc) is 2.23. The second-order valence-electron chi connectivity index (χ2n) is 4.32. The molecule has 0 amide bonds. The maximum atomic E-state index is 12.1. The Morgan fingerprint density at radius 3 is 2.59 bits per heavy atom. The van der Waals surface area contributed by atoms with Crippen LogP contribution in [-0.4, -0.2) is 34.5 Å². The summed E-state index contributed by atoms with van der Waals surface area (Å²) in [7, 11) is -1.63. The van der Waals surface area contributed by atoms with Gasteiger partial charge in [0.25, 0.3) is 0 Å². The van der Waals surface area contributed by atoms with Gasteiger partial charge in [0.1, 0.15) is 5.75 Å². The third kappa shape index (κ3) is 2.61. The zero-order valence-electron chi connectivity index (χ0n) is 9.97. The van der Waals surface area contributed by atoms with Crippen LogP contribution in [0.1, 0.15) is 5.56 Å². The Kier molecular flexibility index (Phi) is 3.40. The van der Waals surface area contributed by atoms with Gasteiger partial charge in [-0.3, -0.25) is 0 Å². The van der Waals surface area contributed by atoms with Crippen molar-refractivity contribution in [1.82, 2.24) is 0 Å². The van der Waals surface area contributed by atoms with E-state index < -0.39 is 9.84 Å². The van der Waals surface area contributed by atoms with Crippen LogP contribution >= 0.6 is 0 Å². The summed E-state index contributed by atoms with van der Waals surface area (Å²) < 4.78 is 34.3. The zero-order chi connectivity index (χ0) is 12.5. The molecule has 0 unspecified atom stereocenters. The highest BCUT2D eigenvalue weighted by Crippen LogP contribution is 2.24. The highest BCUT2D eigenvalue weighted by Gasteiger charge is 2.26. The van der Waals surface area contributed by atoms with E-state index in [0.717, 1.165) is 5.56 Å². The van der Waals surface area contributed by atoms with Crippen molar-refractivity contribution in [3.05, 3.63) is 23.8 Å². The first-order valence-electron chi connectivity index (χ1n) is 5.48. The summed E-state index contributed by atoms with van der Waals surface area (Å²) in [4.78, 5) is 0.364. The summed E-state index contributed by atoms with van der Waals surface area (Å²) in [5.41, 5.74) is 0.832. The van der Waals surface area contributed by atoms with Crippen LogP contribution in [0.3, 0.4) is 0 Å². The Bertz CT molecular complexity index is 503. The van der Waals surface area contributed by atoms with Crippen LogP contribution in [-0.2, 0) is 14.6 Å². The molecule has 94 valence electrons. The van der Waals surface area contributed by atoms with Crippen molar-refractivity contribution in [2.75, 3.05) is 26.1 Å². The van der Waals surface area contributed by atoms with Gasteiger partial charge in [-0.25, -0.2) is 8.42 Å². The lowest BCUT2D eigenvalue weighted by atomic mass is 10.1. The van der Waals surface area contributed by atoms with Crippen LogP contribution in [0.2, 0.25) is 0 Å². The van der Waals surface area contributed by atoms with Crippen molar-refractivity contribution < 1.29 is 17.9 Å². The van der Waals surface area contributed by atoms with Gasteiger partial charge in [-0.1, -0.05) is 0 Å². The van der Waals surface area contributed by atoms with Gasteiger partial charge in [0, 0.05) is 5.92 Å². The van der Waals surface area contributed by atoms with Gasteiger partial charge in [-0.15, -0.1) is 0 Å². The van der Waals surface area contributed by atoms with Crippen LogP contribution in [0.15, 0.2) is 23.1 Å². The largest absolute Gasteiger partial charge is 0.496 e. The van der Waals surface area contributed by atoms with Gasteiger partial charge < -0.3 is 9.47 Å². The molecule has 1 saturated heterocycles. The first-order valence-corrected chi connectivity index (χ1v) is 7.13. The summed E-state index contributed by atoms with van der Waals surface area (Å²) in [6.07, 6.45) is 0. The number of ether oxygens (including phenoxy) is 2. The van der Waals surface area contributed by atoms with Crippen LogP contribution in [0.4, 0.5) is 0 Å². The zero-order valence-corrected chi connectivity index (χ0v) is 10.8. The number of hydrogen-bond donors (Lipinski definition) is 0. The van der Waals surface area contributed by atoms with Crippen LogP contribution in [0, 0.1) is 12.8 Å². The van der Waals surface area contributed by atoms with Crippen molar-refractivity contribution in [3.63, 3.8) is 0 Å². The molecule has 0 atom stereocenters. The Hall–Kier alpha value is -1.07. The van der Waals surface area contributed by atoms with E-state index in [1.807, 2.05) is 6.92 Å². The van der Waals surface area contributed by atoms with E-state index in [1.165, 1.54) is 0 Å². The molecule has 2 rings (SSSR count).